The molecule has 1 amide bonds. The molecular weight excluding hydrogens is 584 g/mol. The van der Waals surface area contributed by atoms with Gasteiger partial charge in [-0.15, -0.1) is 0 Å². The minimum Gasteiger partial charge on any atom is -0.377 e. The zero-order valence-electron chi connectivity index (χ0n) is 16.1. The first-order valence-electron chi connectivity index (χ1n) is 8.87. The average Bonchev–Trinajstić information content (AvgIpc) is 2.77. The van der Waals surface area contributed by atoms with Crippen LogP contribution in [-0.2, 0) is 14.9 Å². The van der Waals surface area contributed by atoms with Crippen molar-refractivity contribution in [1.82, 2.24) is 0 Å². The third kappa shape index (κ3) is 5.99. The molecule has 0 saturated heterocycles. The first kappa shape index (κ1) is 24.0. The normalized spacial score (nSPS) is 11.5. The topological polar surface area (TPSA) is 96.3 Å². The highest BCUT2D eigenvalue weighted by molar-refractivity contribution is 9.11. The summed E-state index contributed by atoms with van der Waals surface area (Å²) in [5.74, 6) is -0.566. The number of hydrogen-bond donors (Lipinski definition) is 1. The number of anilines is 1. The SMILES string of the molecule is N#C/C(=C\c1cc(Br)c(OS(=O)(=O)c2ccccc2)c(Br)c1)C(=O)Nc1ccc(Cl)cc1. The van der Waals surface area contributed by atoms with Crippen LogP contribution in [0.5, 0.6) is 5.75 Å². The summed E-state index contributed by atoms with van der Waals surface area (Å²) in [5.41, 5.74) is 0.804. The van der Waals surface area contributed by atoms with Crippen molar-refractivity contribution in [1.29, 1.82) is 5.26 Å². The Bertz CT molecular complexity index is 1310. The second kappa shape index (κ2) is 10.3. The molecule has 3 aromatic carbocycles. The number of nitrogens with zero attached hydrogens (tertiary/aromatic N) is 1. The van der Waals surface area contributed by atoms with Gasteiger partial charge in [0, 0.05) is 10.7 Å². The second-order valence-electron chi connectivity index (χ2n) is 6.30. The van der Waals surface area contributed by atoms with Crippen molar-refractivity contribution in [3.05, 3.63) is 91.8 Å². The number of carbonyl (C=O) groups is 1. The molecule has 0 aliphatic heterocycles. The van der Waals surface area contributed by atoms with Crippen molar-refractivity contribution >= 4 is 71.2 Å². The molecule has 3 aromatic rings. The van der Waals surface area contributed by atoms with Gasteiger partial charge in [-0.05, 0) is 92.0 Å². The summed E-state index contributed by atoms with van der Waals surface area (Å²) in [6, 6.07) is 19.1. The van der Waals surface area contributed by atoms with E-state index >= 15 is 0 Å². The van der Waals surface area contributed by atoms with Gasteiger partial charge in [0.1, 0.15) is 16.5 Å². The zero-order chi connectivity index (χ0) is 23.3. The summed E-state index contributed by atoms with van der Waals surface area (Å²) in [7, 11) is -4.05. The average molecular weight is 597 g/mol. The molecule has 0 saturated carbocycles. The van der Waals surface area contributed by atoms with E-state index in [1.165, 1.54) is 30.3 Å². The fraction of sp³-hybridized carbons (Fsp3) is 0. The summed E-state index contributed by atoms with van der Waals surface area (Å²) < 4.78 is 30.9. The Kier molecular flexibility index (Phi) is 7.74. The van der Waals surface area contributed by atoms with Gasteiger partial charge in [0.15, 0.2) is 5.75 Å². The molecule has 0 bridgehead atoms. The Hall–Kier alpha value is -2.64. The van der Waals surface area contributed by atoms with Crippen LogP contribution in [0.2, 0.25) is 5.02 Å². The quantitative estimate of drug-likeness (QED) is 0.208. The number of hydrogen-bond acceptors (Lipinski definition) is 5. The zero-order valence-corrected chi connectivity index (χ0v) is 20.8. The molecule has 162 valence electrons. The predicted octanol–water partition coefficient (Wildman–Crippen LogP) is 6.18. The van der Waals surface area contributed by atoms with E-state index in [4.69, 9.17) is 15.8 Å². The number of rotatable bonds is 6. The summed E-state index contributed by atoms with van der Waals surface area (Å²) >= 11 is 12.4. The summed E-state index contributed by atoms with van der Waals surface area (Å²) in [5, 5.41) is 12.6. The number of carbonyl (C=O) groups excluding carboxylic acids is 1. The maximum atomic E-state index is 12.5. The first-order chi connectivity index (χ1) is 15.2. The number of nitrogens with one attached hydrogen (secondary N) is 1. The number of nitriles is 1. The first-order valence-corrected chi connectivity index (χ1v) is 12.2. The molecule has 0 radical (unpaired) electrons. The van der Waals surface area contributed by atoms with Crippen LogP contribution in [0.3, 0.4) is 0 Å². The highest BCUT2D eigenvalue weighted by atomic mass is 79.9. The van der Waals surface area contributed by atoms with E-state index in [-0.39, 0.29) is 16.2 Å². The lowest BCUT2D eigenvalue weighted by molar-refractivity contribution is -0.112. The lowest BCUT2D eigenvalue weighted by atomic mass is 10.1. The fourth-order valence-electron chi connectivity index (χ4n) is 2.53. The standard InChI is InChI=1S/C22H13Br2ClN2O4S/c23-19-11-14(10-15(13-26)22(28)27-17-8-6-16(25)7-9-17)12-20(24)21(19)31-32(29,30)18-4-2-1-3-5-18/h1-12H,(H,27,28)/b15-10+. The van der Waals surface area contributed by atoms with Crippen molar-refractivity contribution in [3.8, 4) is 11.8 Å². The van der Waals surface area contributed by atoms with E-state index in [1.807, 2.05) is 6.07 Å². The molecule has 0 atom stereocenters. The van der Waals surface area contributed by atoms with Gasteiger partial charge in [-0.3, -0.25) is 4.79 Å². The molecule has 6 nitrogen and oxygen atoms in total. The second-order valence-corrected chi connectivity index (χ2v) is 9.99. The fourth-order valence-corrected chi connectivity index (χ4v) is 5.24. The Morgan fingerprint density at radius 1 is 1.03 bits per heavy atom. The lowest BCUT2D eigenvalue weighted by Gasteiger charge is -2.11. The summed E-state index contributed by atoms with van der Waals surface area (Å²) in [6.45, 7) is 0. The van der Waals surface area contributed by atoms with Crippen LogP contribution in [0.1, 0.15) is 5.56 Å². The molecular formula is C22H13Br2ClN2O4S. The van der Waals surface area contributed by atoms with Gasteiger partial charge in [-0.1, -0.05) is 29.8 Å². The van der Waals surface area contributed by atoms with Gasteiger partial charge < -0.3 is 9.50 Å². The van der Waals surface area contributed by atoms with Crippen molar-refractivity contribution in [3.63, 3.8) is 0 Å². The summed E-state index contributed by atoms with van der Waals surface area (Å²) in [4.78, 5) is 12.5. The molecule has 0 aromatic heterocycles. The van der Waals surface area contributed by atoms with Gasteiger partial charge in [-0.2, -0.15) is 13.7 Å². The number of benzene rings is 3. The third-order valence-electron chi connectivity index (χ3n) is 4.02. The smallest absolute Gasteiger partial charge is 0.339 e. The van der Waals surface area contributed by atoms with E-state index in [2.05, 4.69) is 37.2 Å². The van der Waals surface area contributed by atoms with Crippen LogP contribution in [0.4, 0.5) is 5.69 Å². The van der Waals surface area contributed by atoms with E-state index < -0.39 is 16.0 Å². The predicted molar refractivity (Wildman–Crippen MR) is 130 cm³/mol. The Morgan fingerprint density at radius 3 is 2.19 bits per heavy atom. The molecule has 10 heteroatoms. The molecule has 0 aliphatic carbocycles. The molecule has 0 heterocycles. The van der Waals surface area contributed by atoms with Crippen molar-refractivity contribution in [2.75, 3.05) is 5.32 Å². The summed E-state index contributed by atoms with van der Waals surface area (Å²) in [6.07, 6.45) is 1.37. The largest absolute Gasteiger partial charge is 0.377 e. The number of halogens is 3. The van der Waals surface area contributed by atoms with Crippen LogP contribution >= 0.6 is 43.5 Å². The third-order valence-corrected chi connectivity index (χ3v) is 6.69. The Balaban J connectivity index is 1.86. The minimum absolute atomic E-state index is 0.00779. The van der Waals surface area contributed by atoms with Crippen LogP contribution in [-0.4, -0.2) is 14.3 Å². The van der Waals surface area contributed by atoms with Crippen LogP contribution in [0.15, 0.2) is 86.1 Å². The van der Waals surface area contributed by atoms with Crippen molar-refractivity contribution in [2.24, 2.45) is 0 Å². The van der Waals surface area contributed by atoms with Gasteiger partial charge >= 0.3 is 10.1 Å². The molecule has 0 unspecified atom stereocenters. The molecule has 1 N–H and O–H groups in total. The molecule has 32 heavy (non-hydrogen) atoms. The van der Waals surface area contributed by atoms with Crippen molar-refractivity contribution < 1.29 is 17.4 Å². The minimum atomic E-state index is -4.05. The van der Waals surface area contributed by atoms with E-state index in [1.54, 1.807) is 42.5 Å². The highest BCUT2D eigenvalue weighted by Gasteiger charge is 2.20. The lowest BCUT2D eigenvalue weighted by Crippen LogP contribution is -2.13. The molecule has 0 aliphatic rings. The van der Waals surface area contributed by atoms with E-state index in [9.17, 15) is 18.5 Å². The Labute approximate surface area is 206 Å². The monoisotopic (exact) mass is 594 g/mol. The van der Waals surface area contributed by atoms with Gasteiger partial charge in [0.05, 0.1) is 8.95 Å². The van der Waals surface area contributed by atoms with Crippen LogP contribution < -0.4 is 9.50 Å². The number of amides is 1. The van der Waals surface area contributed by atoms with Crippen LogP contribution in [0, 0.1) is 11.3 Å². The van der Waals surface area contributed by atoms with Crippen LogP contribution in [0.25, 0.3) is 6.08 Å². The van der Waals surface area contributed by atoms with Gasteiger partial charge in [-0.25, -0.2) is 0 Å². The van der Waals surface area contributed by atoms with Gasteiger partial charge in [0.2, 0.25) is 0 Å². The molecule has 3 rings (SSSR count). The van der Waals surface area contributed by atoms with Crippen molar-refractivity contribution in [2.45, 2.75) is 4.90 Å². The van der Waals surface area contributed by atoms with E-state index in [0.717, 1.165) is 0 Å². The molecule has 0 fully saturated rings. The highest BCUT2D eigenvalue weighted by Crippen LogP contribution is 2.37. The maximum Gasteiger partial charge on any atom is 0.339 e. The maximum absolute atomic E-state index is 12.5. The van der Waals surface area contributed by atoms with E-state index in [0.29, 0.717) is 25.2 Å². The Morgan fingerprint density at radius 2 is 1.62 bits per heavy atom. The molecule has 0 spiro atoms. The van der Waals surface area contributed by atoms with Gasteiger partial charge in [0.25, 0.3) is 5.91 Å².